The van der Waals surface area contributed by atoms with E-state index in [9.17, 15) is 4.39 Å². The summed E-state index contributed by atoms with van der Waals surface area (Å²) in [5.41, 5.74) is 6.38. The van der Waals surface area contributed by atoms with Crippen LogP contribution >= 0.6 is 0 Å². The van der Waals surface area contributed by atoms with Crippen LogP contribution in [0, 0.1) is 26.6 Å². The summed E-state index contributed by atoms with van der Waals surface area (Å²) in [7, 11) is 1.96. The molecule has 5 heteroatoms. The van der Waals surface area contributed by atoms with E-state index < -0.39 is 0 Å². The largest absolute Gasteiger partial charge is 0.275 e. The highest BCUT2D eigenvalue weighted by Crippen LogP contribution is 2.24. The topological polar surface area (TPSA) is 43.6 Å². The highest BCUT2D eigenvalue weighted by Gasteiger charge is 2.20. The lowest BCUT2D eigenvalue weighted by atomic mass is 9.90. The first-order valence-corrected chi connectivity index (χ1v) is 11.9. The molecule has 0 spiro atoms. The summed E-state index contributed by atoms with van der Waals surface area (Å²) < 4.78 is 15.2. The highest BCUT2D eigenvalue weighted by molar-refractivity contribution is 5.22. The number of aromatic nitrogens is 4. The van der Waals surface area contributed by atoms with Gasteiger partial charge in [-0.05, 0) is 49.6 Å². The van der Waals surface area contributed by atoms with Gasteiger partial charge in [-0.2, -0.15) is 5.10 Å². The Labute approximate surface area is 207 Å². The van der Waals surface area contributed by atoms with E-state index in [1.54, 1.807) is 6.20 Å². The fourth-order valence-electron chi connectivity index (χ4n) is 3.35. The lowest BCUT2D eigenvalue weighted by Gasteiger charge is -2.18. The molecule has 3 rings (SSSR count). The molecule has 3 aromatic heterocycles. The molecule has 0 unspecified atom stereocenters. The van der Waals surface area contributed by atoms with E-state index in [1.165, 1.54) is 22.9 Å². The van der Waals surface area contributed by atoms with Crippen LogP contribution in [-0.2, 0) is 23.3 Å². The van der Waals surface area contributed by atoms with Crippen molar-refractivity contribution in [3.8, 4) is 0 Å². The van der Waals surface area contributed by atoms with Crippen LogP contribution < -0.4 is 0 Å². The number of pyridine rings is 2. The van der Waals surface area contributed by atoms with Crippen molar-refractivity contribution in [2.75, 3.05) is 0 Å². The maximum atomic E-state index is 13.3. The second-order valence-corrected chi connectivity index (χ2v) is 12.1. The first-order chi connectivity index (χ1) is 15.3. The van der Waals surface area contributed by atoms with Gasteiger partial charge in [-0.1, -0.05) is 68.4 Å². The Balaban J connectivity index is 0.000000255. The maximum absolute atomic E-state index is 13.3. The fraction of sp³-hybridized carbons (Fsp3) is 0.552. The fourth-order valence-corrected chi connectivity index (χ4v) is 3.35. The molecule has 34 heavy (non-hydrogen) atoms. The lowest BCUT2D eigenvalue weighted by Crippen LogP contribution is -2.15. The molecule has 188 valence electrons. The van der Waals surface area contributed by atoms with E-state index in [1.807, 2.05) is 45.6 Å². The van der Waals surface area contributed by atoms with Gasteiger partial charge in [-0.3, -0.25) is 14.6 Å². The summed E-state index contributed by atoms with van der Waals surface area (Å²) in [6.07, 6.45) is 5.67. The molecule has 0 amide bonds. The average Bonchev–Trinajstić information content (AvgIpc) is 3.00. The quantitative estimate of drug-likeness (QED) is 0.342. The summed E-state index contributed by atoms with van der Waals surface area (Å²) >= 11 is 0. The maximum Gasteiger partial charge on any atom is 0.145 e. The van der Waals surface area contributed by atoms with Crippen molar-refractivity contribution in [1.29, 1.82) is 0 Å². The standard InChI is InChI=1S/C10H14FN.C10H15N.C9H16N2/c1-7-5-8(11)9(12-6-7)10(2,3)4;1-8-5-6-9(11-7-8)10(2,3)4;1-7-6-11(5)10-8(7)9(2,3)4/h5-6H,1-4H3;5-7H,1-4H3;6H,1-5H3. The molecule has 0 aliphatic heterocycles. The van der Waals surface area contributed by atoms with Gasteiger partial charge in [0.25, 0.3) is 0 Å². The second kappa shape index (κ2) is 11.2. The number of hydrogen-bond donors (Lipinski definition) is 0. The molecule has 3 heterocycles. The molecule has 0 aliphatic rings. The Morgan fingerprint density at radius 1 is 0.706 bits per heavy atom. The van der Waals surface area contributed by atoms with Crippen molar-refractivity contribution >= 4 is 0 Å². The molecular formula is C29H45FN4. The predicted octanol–water partition coefficient (Wildman–Crippen LogP) is 7.54. The third kappa shape index (κ3) is 9.36. The molecule has 0 bridgehead atoms. The SMILES string of the molecule is Cc1ccc(C(C)(C)C)nc1.Cc1cn(C)nc1C(C)(C)C.Cc1cnc(C(C)(C)C)c(F)c1. The Hall–Kier alpha value is -2.56. The third-order valence-corrected chi connectivity index (χ3v) is 5.09. The summed E-state index contributed by atoms with van der Waals surface area (Å²) in [5, 5.41) is 4.40. The molecule has 0 atom stereocenters. The number of nitrogens with zero attached hydrogens (tertiary/aromatic N) is 4. The van der Waals surface area contributed by atoms with Gasteiger partial charge in [0.15, 0.2) is 0 Å². The molecule has 0 radical (unpaired) electrons. The van der Waals surface area contributed by atoms with E-state index in [0.29, 0.717) is 5.69 Å². The molecule has 4 nitrogen and oxygen atoms in total. The van der Waals surface area contributed by atoms with Gasteiger partial charge >= 0.3 is 0 Å². The monoisotopic (exact) mass is 468 g/mol. The van der Waals surface area contributed by atoms with Crippen LogP contribution in [0.25, 0.3) is 0 Å². The van der Waals surface area contributed by atoms with Crippen LogP contribution in [0.1, 0.15) is 96.1 Å². The molecule has 0 fully saturated rings. The zero-order valence-electron chi connectivity index (χ0n) is 23.6. The highest BCUT2D eigenvalue weighted by atomic mass is 19.1. The lowest BCUT2D eigenvalue weighted by molar-refractivity contribution is 0.502. The molecule has 0 aliphatic carbocycles. The van der Waals surface area contributed by atoms with Gasteiger partial charge in [0.2, 0.25) is 0 Å². The minimum atomic E-state index is -0.211. The average molecular weight is 469 g/mol. The van der Waals surface area contributed by atoms with Gasteiger partial charge in [0.05, 0.1) is 11.4 Å². The van der Waals surface area contributed by atoms with Crippen LogP contribution in [0.2, 0.25) is 0 Å². The summed E-state index contributed by atoms with van der Waals surface area (Å²) in [6, 6.07) is 5.72. The number of aryl methyl sites for hydroxylation is 4. The molecule has 0 N–H and O–H groups in total. The van der Waals surface area contributed by atoms with Crippen LogP contribution in [0.3, 0.4) is 0 Å². The zero-order valence-corrected chi connectivity index (χ0v) is 23.6. The van der Waals surface area contributed by atoms with E-state index in [4.69, 9.17) is 0 Å². The number of hydrogen-bond acceptors (Lipinski definition) is 3. The number of rotatable bonds is 0. The summed E-state index contributed by atoms with van der Waals surface area (Å²) in [5.74, 6) is -0.206. The van der Waals surface area contributed by atoms with E-state index in [0.717, 1.165) is 11.3 Å². The summed E-state index contributed by atoms with van der Waals surface area (Å²) in [6.45, 7) is 24.9. The van der Waals surface area contributed by atoms with Crippen LogP contribution in [0.15, 0.2) is 36.8 Å². The minimum absolute atomic E-state index is 0.172. The van der Waals surface area contributed by atoms with Crippen molar-refractivity contribution in [3.05, 3.63) is 76.4 Å². The van der Waals surface area contributed by atoms with Gasteiger partial charge in [-0.15, -0.1) is 0 Å². The zero-order chi connectivity index (χ0) is 26.5. The first-order valence-electron chi connectivity index (χ1n) is 11.9. The first kappa shape index (κ1) is 29.5. The Morgan fingerprint density at radius 2 is 1.24 bits per heavy atom. The van der Waals surface area contributed by atoms with E-state index >= 15 is 0 Å². The van der Waals surface area contributed by atoms with Crippen LogP contribution in [-0.4, -0.2) is 19.7 Å². The molecule has 0 saturated carbocycles. The third-order valence-electron chi connectivity index (χ3n) is 5.09. The van der Waals surface area contributed by atoms with Crippen LogP contribution in [0.4, 0.5) is 4.39 Å². The van der Waals surface area contributed by atoms with Crippen LogP contribution in [0.5, 0.6) is 0 Å². The van der Waals surface area contributed by atoms with Crippen molar-refractivity contribution in [1.82, 2.24) is 19.7 Å². The van der Waals surface area contributed by atoms with Crippen molar-refractivity contribution < 1.29 is 4.39 Å². The second-order valence-electron chi connectivity index (χ2n) is 12.1. The normalized spacial score (nSPS) is 11.8. The van der Waals surface area contributed by atoms with Gasteiger partial charge in [0, 0.05) is 47.6 Å². The smallest absolute Gasteiger partial charge is 0.145 e. The van der Waals surface area contributed by atoms with E-state index in [2.05, 4.69) is 88.8 Å². The summed E-state index contributed by atoms with van der Waals surface area (Å²) in [4.78, 5) is 8.42. The Kier molecular flexibility index (Phi) is 9.75. The van der Waals surface area contributed by atoms with Gasteiger partial charge in [-0.25, -0.2) is 4.39 Å². The Morgan fingerprint density at radius 3 is 1.56 bits per heavy atom. The van der Waals surface area contributed by atoms with Crippen molar-refractivity contribution in [3.63, 3.8) is 0 Å². The minimum Gasteiger partial charge on any atom is -0.275 e. The Bertz CT molecular complexity index is 1040. The molecular weight excluding hydrogens is 423 g/mol. The van der Waals surface area contributed by atoms with Crippen molar-refractivity contribution in [2.24, 2.45) is 7.05 Å². The molecule has 0 saturated heterocycles. The molecule has 0 aromatic carbocycles. The molecule has 3 aromatic rings. The van der Waals surface area contributed by atoms with Gasteiger partial charge in [0.1, 0.15) is 5.82 Å². The van der Waals surface area contributed by atoms with Gasteiger partial charge < -0.3 is 0 Å². The van der Waals surface area contributed by atoms with Crippen molar-refractivity contribution in [2.45, 2.75) is 99.3 Å². The van der Waals surface area contributed by atoms with E-state index in [-0.39, 0.29) is 22.1 Å². The predicted molar refractivity (Wildman–Crippen MR) is 142 cm³/mol. The number of halogens is 1.